The molecule has 0 aliphatic rings. The van der Waals surface area contributed by atoms with Gasteiger partial charge in [0.05, 0.1) is 11.1 Å². The van der Waals surface area contributed by atoms with Crippen LogP contribution >= 0.6 is 49.9 Å². The van der Waals surface area contributed by atoms with E-state index in [1.54, 1.807) is 11.3 Å². The minimum Gasteiger partial charge on any atom is -0.388 e. The van der Waals surface area contributed by atoms with E-state index >= 15 is 0 Å². The number of benzene rings is 1. The van der Waals surface area contributed by atoms with Crippen LogP contribution in [0.1, 0.15) is 22.4 Å². The first-order chi connectivity index (χ1) is 8.06. The van der Waals surface area contributed by atoms with Gasteiger partial charge in [0.1, 0.15) is 0 Å². The quantitative estimate of drug-likeness (QED) is 0.754. The first-order valence-corrected chi connectivity index (χ1v) is 7.85. The molecule has 0 fully saturated rings. The SMILES string of the molecule is Cc1csc(CC(O)c2cc(Br)ccc2I)n1. The Hall–Kier alpha value is 0.0200. The zero-order chi connectivity index (χ0) is 12.4. The molecule has 90 valence electrons. The number of rotatable bonds is 3. The van der Waals surface area contributed by atoms with Crippen LogP contribution in [0.4, 0.5) is 0 Å². The molecule has 1 atom stereocenters. The molecule has 2 rings (SSSR count). The average molecular weight is 424 g/mol. The maximum absolute atomic E-state index is 10.2. The summed E-state index contributed by atoms with van der Waals surface area (Å²) < 4.78 is 2.06. The summed E-state index contributed by atoms with van der Waals surface area (Å²) in [6, 6.07) is 5.94. The van der Waals surface area contributed by atoms with Crippen LogP contribution in [0.2, 0.25) is 0 Å². The molecule has 1 aromatic carbocycles. The second-order valence-electron chi connectivity index (χ2n) is 3.77. The number of hydrogen-bond acceptors (Lipinski definition) is 3. The van der Waals surface area contributed by atoms with Gasteiger partial charge in [-0.1, -0.05) is 15.9 Å². The summed E-state index contributed by atoms with van der Waals surface area (Å²) in [5.41, 5.74) is 1.97. The van der Waals surface area contributed by atoms with Gasteiger partial charge in [0, 0.05) is 25.5 Å². The van der Waals surface area contributed by atoms with E-state index in [9.17, 15) is 5.11 Å². The van der Waals surface area contributed by atoms with Crippen molar-refractivity contribution >= 4 is 49.9 Å². The Morgan fingerprint density at radius 1 is 1.53 bits per heavy atom. The van der Waals surface area contributed by atoms with Gasteiger partial charge in [-0.15, -0.1) is 11.3 Å². The minimum absolute atomic E-state index is 0.495. The van der Waals surface area contributed by atoms with E-state index in [-0.39, 0.29) is 0 Å². The van der Waals surface area contributed by atoms with Crippen molar-refractivity contribution in [1.82, 2.24) is 4.98 Å². The normalized spacial score (nSPS) is 12.7. The van der Waals surface area contributed by atoms with Gasteiger partial charge in [-0.2, -0.15) is 0 Å². The van der Waals surface area contributed by atoms with E-state index in [0.717, 1.165) is 24.3 Å². The Bertz CT molecular complexity index is 529. The molecule has 0 aliphatic heterocycles. The Labute approximate surface area is 126 Å². The molecule has 0 spiro atoms. The third kappa shape index (κ3) is 3.49. The summed E-state index contributed by atoms with van der Waals surface area (Å²) in [5.74, 6) is 0. The van der Waals surface area contributed by atoms with Crippen LogP contribution in [0.3, 0.4) is 0 Å². The predicted octanol–water partition coefficient (Wildman–Crippen LogP) is 4.09. The molecule has 0 aliphatic carbocycles. The lowest BCUT2D eigenvalue weighted by Crippen LogP contribution is -2.03. The lowest BCUT2D eigenvalue weighted by atomic mass is 10.1. The summed E-state index contributed by atoms with van der Waals surface area (Å²) in [6.45, 7) is 1.97. The van der Waals surface area contributed by atoms with E-state index in [0.29, 0.717) is 6.42 Å². The first kappa shape index (κ1) is 13.5. The van der Waals surface area contributed by atoms with E-state index in [1.807, 2.05) is 30.5 Å². The fourth-order valence-electron chi connectivity index (χ4n) is 1.54. The monoisotopic (exact) mass is 423 g/mol. The van der Waals surface area contributed by atoms with Crippen molar-refractivity contribution in [3.05, 3.63) is 47.9 Å². The van der Waals surface area contributed by atoms with Gasteiger partial charge in [-0.3, -0.25) is 0 Å². The average Bonchev–Trinajstić information content (AvgIpc) is 2.67. The van der Waals surface area contributed by atoms with Crippen molar-refractivity contribution in [1.29, 1.82) is 0 Å². The van der Waals surface area contributed by atoms with Crippen LogP contribution in [0.5, 0.6) is 0 Å². The molecule has 5 heteroatoms. The van der Waals surface area contributed by atoms with E-state index < -0.39 is 6.10 Å². The molecule has 2 aromatic rings. The molecular formula is C12H11BrINOS. The highest BCUT2D eigenvalue weighted by Gasteiger charge is 2.14. The molecule has 0 saturated carbocycles. The number of aliphatic hydroxyl groups excluding tert-OH is 1. The van der Waals surface area contributed by atoms with Crippen LogP contribution in [0.25, 0.3) is 0 Å². The van der Waals surface area contributed by atoms with Crippen molar-refractivity contribution in [2.45, 2.75) is 19.4 Å². The molecule has 0 saturated heterocycles. The molecule has 0 bridgehead atoms. The summed E-state index contributed by atoms with van der Waals surface area (Å²) in [5, 5.41) is 13.2. The summed E-state index contributed by atoms with van der Waals surface area (Å²) in [6.07, 6.45) is 0.0789. The fraction of sp³-hybridized carbons (Fsp3) is 0.250. The van der Waals surface area contributed by atoms with Crippen LogP contribution in [-0.2, 0) is 6.42 Å². The second kappa shape index (κ2) is 5.77. The van der Waals surface area contributed by atoms with E-state index in [2.05, 4.69) is 43.5 Å². The maximum Gasteiger partial charge on any atom is 0.0957 e. The van der Waals surface area contributed by atoms with Crippen molar-refractivity contribution in [3.63, 3.8) is 0 Å². The number of aryl methyl sites for hydroxylation is 1. The highest BCUT2D eigenvalue weighted by molar-refractivity contribution is 14.1. The van der Waals surface area contributed by atoms with Gasteiger partial charge in [0.2, 0.25) is 0 Å². The largest absolute Gasteiger partial charge is 0.388 e. The smallest absolute Gasteiger partial charge is 0.0957 e. The van der Waals surface area contributed by atoms with E-state index in [4.69, 9.17) is 0 Å². The van der Waals surface area contributed by atoms with Gasteiger partial charge >= 0.3 is 0 Å². The van der Waals surface area contributed by atoms with Crippen molar-refractivity contribution in [2.75, 3.05) is 0 Å². The fourth-order valence-corrected chi connectivity index (χ4v) is 3.43. The molecule has 0 radical (unpaired) electrons. The Morgan fingerprint density at radius 3 is 2.94 bits per heavy atom. The third-order valence-corrected chi connectivity index (χ3v) is 4.82. The van der Waals surface area contributed by atoms with Crippen molar-refractivity contribution in [2.24, 2.45) is 0 Å². The van der Waals surface area contributed by atoms with Gasteiger partial charge in [-0.05, 0) is 53.3 Å². The predicted molar refractivity (Wildman–Crippen MR) is 82.4 cm³/mol. The van der Waals surface area contributed by atoms with Crippen LogP contribution < -0.4 is 0 Å². The van der Waals surface area contributed by atoms with Crippen LogP contribution in [0, 0.1) is 10.5 Å². The van der Waals surface area contributed by atoms with Gasteiger partial charge in [0.25, 0.3) is 0 Å². The molecule has 1 aromatic heterocycles. The Balaban J connectivity index is 2.19. The molecule has 1 N–H and O–H groups in total. The number of halogens is 2. The maximum atomic E-state index is 10.2. The van der Waals surface area contributed by atoms with Gasteiger partial charge < -0.3 is 5.11 Å². The number of nitrogens with zero attached hydrogens (tertiary/aromatic N) is 1. The standard InChI is InChI=1S/C12H11BrINOS/c1-7-6-17-12(15-7)5-11(16)9-4-8(13)2-3-10(9)14/h2-4,6,11,16H,5H2,1H3. The van der Waals surface area contributed by atoms with Crippen LogP contribution in [-0.4, -0.2) is 10.1 Å². The van der Waals surface area contributed by atoms with Gasteiger partial charge in [0.15, 0.2) is 0 Å². The molecule has 0 amide bonds. The summed E-state index contributed by atoms with van der Waals surface area (Å²) >= 11 is 7.27. The Kier molecular flexibility index (Phi) is 4.57. The topological polar surface area (TPSA) is 33.1 Å². The first-order valence-electron chi connectivity index (χ1n) is 5.10. The summed E-state index contributed by atoms with van der Waals surface area (Å²) in [4.78, 5) is 4.37. The third-order valence-electron chi connectivity index (χ3n) is 2.35. The van der Waals surface area contributed by atoms with E-state index in [1.165, 1.54) is 0 Å². The van der Waals surface area contributed by atoms with Crippen LogP contribution in [0.15, 0.2) is 28.1 Å². The highest BCUT2D eigenvalue weighted by atomic mass is 127. The Morgan fingerprint density at radius 2 is 2.29 bits per heavy atom. The minimum atomic E-state index is -0.495. The number of hydrogen-bond donors (Lipinski definition) is 1. The number of aromatic nitrogens is 1. The zero-order valence-electron chi connectivity index (χ0n) is 9.15. The molecule has 1 unspecified atom stereocenters. The summed E-state index contributed by atoms with van der Waals surface area (Å²) in [7, 11) is 0. The lowest BCUT2D eigenvalue weighted by Gasteiger charge is -2.11. The molecule has 17 heavy (non-hydrogen) atoms. The highest BCUT2D eigenvalue weighted by Crippen LogP contribution is 2.27. The second-order valence-corrected chi connectivity index (χ2v) is 6.79. The molecular weight excluding hydrogens is 413 g/mol. The van der Waals surface area contributed by atoms with Gasteiger partial charge in [-0.25, -0.2) is 4.98 Å². The zero-order valence-corrected chi connectivity index (χ0v) is 13.7. The number of thiazole rings is 1. The number of aliphatic hydroxyl groups is 1. The van der Waals surface area contributed by atoms with Crippen molar-refractivity contribution in [3.8, 4) is 0 Å². The van der Waals surface area contributed by atoms with Crippen molar-refractivity contribution < 1.29 is 5.11 Å². The molecule has 2 nitrogen and oxygen atoms in total. The lowest BCUT2D eigenvalue weighted by molar-refractivity contribution is 0.177. The molecule has 1 heterocycles.